The molecule has 0 amide bonds. The molecular formula is C26H35F2N. The molecule has 158 valence electrons. The van der Waals surface area contributed by atoms with Crippen LogP contribution in [0.2, 0.25) is 0 Å². The number of rotatable bonds is 8. The van der Waals surface area contributed by atoms with Crippen molar-refractivity contribution >= 4 is 0 Å². The third-order valence-corrected chi connectivity index (χ3v) is 7.49. The van der Waals surface area contributed by atoms with E-state index in [0.717, 1.165) is 49.0 Å². The molecule has 0 N–H and O–H groups in total. The Labute approximate surface area is 175 Å². The number of nitrogens with zero attached hydrogens (tertiary/aromatic N) is 1. The minimum Gasteiger partial charge on any atom is -0.216 e. The van der Waals surface area contributed by atoms with Gasteiger partial charge < -0.3 is 0 Å². The van der Waals surface area contributed by atoms with Gasteiger partial charge in [-0.3, -0.25) is 0 Å². The highest BCUT2D eigenvalue weighted by Gasteiger charge is 2.31. The Bertz CT molecular complexity index is 689. The van der Waals surface area contributed by atoms with Crippen LogP contribution >= 0.6 is 0 Å². The number of unbranched alkanes of at least 4 members (excludes halogenated alkanes) is 3. The van der Waals surface area contributed by atoms with Gasteiger partial charge in [0.2, 0.25) is 0 Å². The lowest BCUT2D eigenvalue weighted by molar-refractivity contribution is 0.155. The lowest BCUT2D eigenvalue weighted by Gasteiger charge is -2.38. The summed E-state index contributed by atoms with van der Waals surface area (Å²) in [6.07, 6.45) is 18.5. The Kier molecular flexibility index (Phi) is 8.71. The molecule has 3 heteroatoms. The maximum absolute atomic E-state index is 13.9. The molecule has 0 bridgehead atoms. The van der Waals surface area contributed by atoms with Crippen LogP contribution in [0.4, 0.5) is 8.78 Å². The lowest BCUT2D eigenvalue weighted by atomic mass is 9.68. The van der Waals surface area contributed by atoms with Crippen molar-refractivity contribution in [1.29, 1.82) is 5.26 Å². The molecule has 0 radical (unpaired) electrons. The van der Waals surface area contributed by atoms with Crippen molar-refractivity contribution in [2.24, 2.45) is 17.8 Å². The largest absolute Gasteiger partial charge is 0.216 e. The molecule has 2 fully saturated rings. The molecule has 0 saturated heterocycles. The van der Waals surface area contributed by atoms with Crippen LogP contribution in [0.15, 0.2) is 30.6 Å². The highest BCUT2D eigenvalue weighted by Crippen LogP contribution is 2.44. The van der Waals surface area contributed by atoms with Gasteiger partial charge in [0.05, 0.1) is 11.9 Å². The monoisotopic (exact) mass is 399 g/mol. The van der Waals surface area contributed by atoms with Crippen LogP contribution < -0.4 is 0 Å². The Morgan fingerprint density at radius 3 is 2.24 bits per heavy atom. The molecule has 0 heterocycles. The molecule has 1 aromatic rings. The first kappa shape index (κ1) is 22.0. The van der Waals surface area contributed by atoms with Crippen LogP contribution in [0.25, 0.3) is 0 Å². The molecule has 0 unspecified atom stereocenters. The highest BCUT2D eigenvalue weighted by atomic mass is 19.1. The van der Waals surface area contributed by atoms with E-state index < -0.39 is 0 Å². The van der Waals surface area contributed by atoms with Crippen LogP contribution in [-0.4, -0.2) is 0 Å². The van der Waals surface area contributed by atoms with E-state index in [0.29, 0.717) is 12.2 Å². The number of nitriles is 1. The number of allylic oxidation sites excluding steroid dienone is 1. The summed E-state index contributed by atoms with van der Waals surface area (Å²) in [6, 6.07) is 7.08. The van der Waals surface area contributed by atoms with Gasteiger partial charge in [-0.15, -0.1) is 0 Å². The van der Waals surface area contributed by atoms with Crippen LogP contribution in [-0.2, 0) is 0 Å². The zero-order valence-corrected chi connectivity index (χ0v) is 17.6. The summed E-state index contributed by atoms with van der Waals surface area (Å²) in [6.45, 7) is 0. The SMILES string of the molecule is N#Cc1ccc([C@H]2CC[C@H]([C@H]3CC[C@H](CCCCC/C=C/F)CC3)CC2)cc1F. The third-order valence-electron chi connectivity index (χ3n) is 7.49. The quantitative estimate of drug-likeness (QED) is 0.404. The van der Waals surface area contributed by atoms with Crippen LogP contribution in [0.3, 0.4) is 0 Å². The maximum atomic E-state index is 13.9. The molecule has 0 aliphatic heterocycles. The zero-order chi connectivity index (χ0) is 20.5. The Hall–Kier alpha value is -1.69. The second-order valence-corrected chi connectivity index (χ2v) is 9.24. The molecule has 2 aliphatic carbocycles. The summed E-state index contributed by atoms with van der Waals surface area (Å²) < 4.78 is 25.9. The van der Waals surface area contributed by atoms with E-state index in [1.807, 2.05) is 12.1 Å². The van der Waals surface area contributed by atoms with E-state index >= 15 is 0 Å². The number of halogens is 2. The molecule has 1 aromatic carbocycles. The summed E-state index contributed by atoms with van der Waals surface area (Å²) in [4.78, 5) is 0. The topological polar surface area (TPSA) is 23.8 Å². The van der Waals surface area contributed by atoms with E-state index in [2.05, 4.69) is 0 Å². The van der Waals surface area contributed by atoms with Gasteiger partial charge >= 0.3 is 0 Å². The molecule has 0 aromatic heterocycles. The molecular weight excluding hydrogens is 364 g/mol. The Balaban J connectivity index is 1.36. The molecule has 29 heavy (non-hydrogen) atoms. The second kappa shape index (κ2) is 11.5. The number of hydrogen-bond acceptors (Lipinski definition) is 1. The molecule has 2 saturated carbocycles. The third kappa shape index (κ3) is 6.39. The average molecular weight is 400 g/mol. The van der Waals surface area contributed by atoms with Crippen LogP contribution in [0, 0.1) is 34.9 Å². The predicted molar refractivity (Wildman–Crippen MR) is 115 cm³/mol. The van der Waals surface area contributed by atoms with Gasteiger partial charge in [-0.05, 0) is 92.7 Å². The van der Waals surface area contributed by atoms with Gasteiger partial charge in [0.15, 0.2) is 0 Å². The van der Waals surface area contributed by atoms with Crippen molar-refractivity contribution in [3.05, 3.63) is 47.5 Å². The summed E-state index contributed by atoms with van der Waals surface area (Å²) in [7, 11) is 0. The zero-order valence-electron chi connectivity index (χ0n) is 17.6. The van der Waals surface area contributed by atoms with E-state index in [-0.39, 0.29) is 11.4 Å². The minimum absolute atomic E-state index is 0.149. The van der Waals surface area contributed by atoms with Crippen molar-refractivity contribution in [2.75, 3.05) is 0 Å². The van der Waals surface area contributed by atoms with E-state index in [1.165, 1.54) is 57.8 Å². The Morgan fingerprint density at radius 2 is 1.62 bits per heavy atom. The molecule has 0 spiro atoms. The van der Waals surface area contributed by atoms with Crippen LogP contribution in [0.5, 0.6) is 0 Å². The number of benzene rings is 1. The normalized spacial score (nSPS) is 27.8. The Morgan fingerprint density at radius 1 is 0.931 bits per heavy atom. The average Bonchev–Trinajstić information content (AvgIpc) is 2.77. The summed E-state index contributed by atoms with van der Waals surface area (Å²) in [5.74, 6) is 2.73. The minimum atomic E-state index is -0.371. The van der Waals surface area contributed by atoms with Crippen molar-refractivity contribution < 1.29 is 8.78 Å². The molecule has 3 rings (SSSR count). The maximum Gasteiger partial charge on any atom is 0.141 e. The fourth-order valence-corrected chi connectivity index (χ4v) is 5.68. The second-order valence-electron chi connectivity index (χ2n) is 9.24. The molecule has 0 atom stereocenters. The van der Waals surface area contributed by atoms with Crippen molar-refractivity contribution in [3.8, 4) is 6.07 Å². The standard InChI is InChI=1S/C26H35F2N/c27-17-5-3-1-2-4-6-20-7-9-21(10-8-20)22-11-13-23(14-12-22)24-15-16-25(19-29)26(28)18-24/h5,15-18,20-23H,1-4,6-14H2/b17-5+/t20-,21-,22-,23-. The van der Waals surface area contributed by atoms with Gasteiger partial charge in [-0.1, -0.05) is 44.2 Å². The van der Waals surface area contributed by atoms with Gasteiger partial charge in [-0.25, -0.2) is 8.78 Å². The van der Waals surface area contributed by atoms with Crippen molar-refractivity contribution in [1.82, 2.24) is 0 Å². The summed E-state index contributed by atoms with van der Waals surface area (Å²) in [5, 5.41) is 8.90. The first-order chi connectivity index (χ1) is 14.2. The highest BCUT2D eigenvalue weighted by molar-refractivity contribution is 5.34. The fourth-order valence-electron chi connectivity index (χ4n) is 5.68. The molecule has 1 nitrogen and oxygen atoms in total. The van der Waals surface area contributed by atoms with Crippen molar-refractivity contribution in [2.45, 2.75) is 89.4 Å². The van der Waals surface area contributed by atoms with Crippen LogP contribution in [0.1, 0.15) is 101 Å². The van der Waals surface area contributed by atoms with Gasteiger partial charge in [0.25, 0.3) is 0 Å². The van der Waals surface area contributed by atoms with Crippen molar-refractivity contribution in [3.63, 3.8) is 0 Å². The van der Waals surface area contributed by atoms with E-state index in [4.69, 9.17) is 5.26 Å². The smallest absolute Gasteiger partial charge is 0.141 e. The first-order valence-corrected chi connectivity index (χ1v) is 11.7. The van der Waals surface area contributed by atoms with Gasteiger partial charge in [0, 0.05) is 0 Å². The summed E-state index contributed by atoms with van der Waals surface area (Å²) in [5.41, 5.74) is 1.22. The number of hydrogen-bond donors (Lipinski definition) is 0. The fraction of sp³-hybridized carbons (Fsp3) is 0.654. The summed E-state index contributed by atoms with van der Waals surface area (Å²) >= 11 is 0. The molecule has 2 aliphatic rings. The van der Waals surface area contributed by atoms with Gasteiger partial charge in [0.1, 0.15) is 11.9 Å². The first-order valence-electron chi connectivity index (χ1n) is 11.7. The van der Waals surface area contributed by atoms with E-state index in [1.54, 1.807) is 18.2 Å². The van der Waals surface area contributed by atoms with Gasteiger partial charge in [-0.2, -0.15) is 5.26 Å². The van der Waals surface area contributed by atoms with E-state index in [9.17, 15) is 8.78 Å². The lowest BCUT2D eigenvalue weighted by Crippen LogP contribution is -2.25. The predicted octanol–water partition coefficient (Wildman–Crippen LogP) is 8.21.